The fraction of sp³-hybridized carbons (Fsp3) is 0.579. The van der Waals surface area contributed by atoms with E-state index in [2.05, 4.69) is 56.9 Å². The van der Waals surface area contributed by atoms with Crippen molar-refractivity contribution in [3.63, 3.8) is 0 Å². The predicted octanol–water partition coefficient (Wildman–Crippen LogP) is 3.40. The molecular formula is C19H29N5S2. The first kappa shape index (κ1) is 19.3. The Kier molecular flexibility index (Phi) is 7.05. The summed E-state index contributed by atoms with van der Waals surface area (Å²) < 4.78 is 0. The molecule has 2 N–H and O–H groups in total. The van der Waals surface area contributed by atoms with Crippen LogP contribution in [0.25, 0.3) is 0 Å². The Morgan fingerprint density at radius 2 is 2.27 bits per heavy atom. The average Bonchev–Trinajstić information content (AvgIpc) is 3.25. The van der Waals surface area contributed by atoms with Crippen molar-refractivity contribution in [1.29, 1.82) is 0 Å². The molecule has 5 nitrogen and oxygen atoms in total. The van der Waals surface area contributed by atoms with Crippen LogP contribution in [0.3, 0.4) is 0 Å². The molecule has 0 spiro atoms. The lowest BCUT2D eigenvalue weighted by atomic mass is 9.98. The zero-order chi connectivity index (χ0) is 18.4. The fourth-order valence-corrected chi connectivity index (χ4v) is 5.07. The van der Waals surface area contributed by atoms with Gasteiger partial charge in [-0.05, 0) is 50.6 Å². The Balaban J connectivity index is 1.43. The van der Waals surface area contributed by atoms with Gasteiger partial charge in [0.05, 0.1) is 17.2 Å². The van der Waals surface area contributed by atoms with Crippen molar-refractivity contribution in [2.75, 3.05) is 26.7 Å². The SMILES string of the molecule is CN=C(NCc1sc(C)nc1C)NCC1CCCN(Cc2cccs2)C1. The molecule has 0 radical (unpaired) electrons. The summed E-state index contributed by atoms with van der Waals surface area (Å²) in [6.45, 7) is 9.35. The van der Waals surface area contributed by atoms with Crippen LogP contribution in [0.2, 0.25) is 0 Å². The number of likely N-dealkylation sites (tertiary alicyclic amines) is 1. The topological polar surface area (TPSA) is 52.6 Å². The largest absolute Gasteiger partial charge is 0.356 e. The van der Waals surface area contributed by atoms with Gasteiger partial charge >= 0.3 is 0 Å². The third-order valence-corrected chi connectivity index (χ3v) is 6.69. The standard InChI is InChI=1S/C19H29N5S2/c1-14-18(26-15(2)23-14)11-22-19(20-3)21-10-16-6-4-8-24(12-16)13-17-7-5-9-25-17/h5,7,9,16H,4,6,8,10-13H2,1-3H3,(H2,20,21,22). The minimum atomic E-state index is 0.676. The van der Waals surface area contributed by atoms with Crippen molar-refractivity contribution in [2.24, 2.45) is 10.9 Å². The van der Waals surface area contributed by atoms with E-state index in [4.69, 9.17) is 0 Å². The Bertz CT molecular complexity index is 708. The van der Waals surface area contributed by atoms with Crippen LogP contribution in [0.4, 0.5) is 0 Å². The zero-order valence-corrected chi connectivity index (χ0v) is 17.6. The number of hydrogen-bond acceptors (Lipinski definition) is 5. The van der Waals surface area contributed by atoms with Gasteiger partial charge in [0, 0.05) is 36.4 Å². The lowest BCUT2D eigenvalue weighted by Gasteiger charge is -2.32. The Morgan fingerprint density at radius 1 is 1.38 bits per heavy atom. The number of thiophene rings is 1. The molecule has 142 valence electrons. The normalized spacial score (nSPS) is 18.9. The van der Waals surface area contributed by atoms with Gasteiger partial charge < -0.3 is 10.6 Å². The second kappa shape index (κ2) is 9.48. The number of piperidine rings is 1. The highest BCUT2D eigenvalue weighted by molar-refractivity contribution is 7.11. The van der Waals surface area contributed by atoms with Crippen molar-refractivity contribution in [3.8, 4) is 0 Å². The molecule has 1 saturated heterocycles. The number of hydrogen-bond donors (Lipinski definition) is 2. The molecule has 0 amide bonds. The van der Waals surface area contributed by atoms with Crippen molar-refractivity contribution >= 4 is 28.6 Å². The molecule has 0 aromatic carbocycles. The number of aliphatic imine (C=N–C) groups is 1. The predicted molar refractivity (Wildman–Crippen MR) is 112 cm³/mol. The van der Waals surface area contributed by atoms with Gasteiger partial charge in [-0.1, -0.05) is 6.07 Å². The van der Waals surface area contributed by atoms with Gasteiger partial charge in [0.15, 0.2) is 5.96 Å². The first-order chi connectivity index (χ1) is 12.6. The molecule has 1 atom stereocenters. The minimum Gasteiger partial charge on any atom is -0.356 e. The molecule has 1 aliphatic heterocycles. The lowest BCUT2D eigenvalue weighted by molar-refractivity contribution is 0.169. The molecule has 2 aromatic rings. The van der Waals surface area contributed by atoms with Crippen LogP contribution >= 0.6 is 22.7 Å². The third kappa shape index (κ3) is 5.53. The Morgan fingerprint density at radius 3 is 2.96 bits per heavy atom. The second-order valence-electron chi connectivity index (χ2n) is 6.87. The highest BCUT2D eigenvalue weighted by Crippen LogP contribution is 2.20. The fourth-order valence-electron chi connectivity index (χ4n) is 3.45. The summed E-state index contributed by atoms with van der Waals surface area (Å²) in [6.07, 6.45) is 2.57. The molecule has 0 bridgehead atoms. The first-order valence-corrected chi connectivity index (χ1v) is 11.0. The van der Waals surface area contributed by atoms with Crippen molar-refractivity contribution in [3.05, 3.63) is 38.0 Å². The number of aryl methyl sites for hydroxylation is 2. The molecule has 3 rings (SSSR count). The van der Waals surface area contributed by atoms with Crippen LogP contribution in [-0.2, 0) is 13.1 Å². The van der Waals surface area contributed by atoms with Gasteiger partial charge in [-0.2, -0.15) is 0 Å². The van der Waals surface area contributed by atoms with Crippen LogP contribution in [0.15, 0.2) is 22.5 Å². The summed E-state index contributed by atoms with van der Waals surface area (Å²) in [7, 11) is 1.84. The molecule has 0 saturated carbocycles. The number of aromatic nitrogens is 1. The van der Waals surface area contributed by atoms with E-state index in [1.165, 1.54) is 29.1 Å². The molecule has 7 heteroatoms. The number of guanidine groups is 1. The van der Waals surface area contributed by atoms with Crippen molar-refractivity contribution in [1.82, 2.24) is 20.5 Å². The van der Waals surface area contributed by atoms with Gasteiger partial charge in [-0.15, -0.1) is 22.7 Å². The third-order valence-electron chi connectivity index (χ3n) is 4.76. The van der Waals surface area contributed by atoms with Gasteiger partial charge in [0.25, 0.3) is 0 Å². The molecule has 1 fully saturated rings. The van der Waals surface area contributed by atoms with E-state index in [1.807, 2.05) is 18.4 Å². The molecule has 26 heavy (non-hydrogen) atoms. The molecule has 0 aliphatic carbocycles. The maximum absolute atomic E-state index is 4.49. The van der Waals surface area contributed by atoms with Gasteiger partial charge in [-0.25, -0.2) is 4.98 Å². The summed E-state index contributed by atoms with van der Waals surface area (Å²) in [4.78, 5) is 14.2. The van der Waals surface area contributed by atoms with Crippen molar-refractivity contribution < 1.29 is 0 Å². The smallest absolute Gasteiger partial charge is 0.191 e. The lowest BCUT2D eigenvalue weighted by Crippen LogP contribution is -2.44. The van der Waals surface area contributed by atoms with Crippen LogP contribution in [0.1, 0.15) is 33.3 Å². The van der Waals surface area contributed by atoms with Gasteiger partial charge in [0.1, 0.15) is 0 Å². The van der Waals surface area contributed by atoms with E-state index in [-0.39, 0.29) is 0 Å². The molecule has 1 aliphatic rings. The second-order valence-corrected chi connectivity index (χ2v) is 9.19. The number of rotatable bonds is 6. The monoisotopic (exact) mass is 391 g/mol. The summed E-state index contributed by atoms with van der Waals surface area (Å²) in [5, 5.41) is 10.2. The molecule has 3 heterocycles. The van der Waals surface area contributed by atoms with Crippen LogP contribution in [0, 0.1) is 19.8 Å². The summed E-state index contributed by atoms with van der Waals surface area (Å²) in [5.74, 6) is 1.56. The van der Waals surface area contributed by atoms with E-state index >= 15 is 0 Å². The minimum absolute atomic E-state index is 0.676. The molecule has 2 aromatic heterocycles. The number of nitrogens with one attached hydrogen (secondary N) is 2. The maximum atomic E-state index is 4.49. The summed E-state index contributed by atoms with van der Waals surface area (Å²) >= 11 is 3.61. The van der Waals surface area contributed by atoms with E-state index in [9.17, 15) is 0 Å². The molecule has 1 unspecified atom stereocenters. The maximum Gasteiger partial charge on any atom is 0.191 e. The van der Waals surface area contributed by atoms with E-state index in [0.29, 0.717) is 5.92 Å². The number of thiazole rings is 1. The number of nitrogens with zero attached hydrogens (tertiary/aromatic N) is 3. The quantitative estimate of drug-likeness (QED) is 0.585. The molecular weight excluding hydrogens is 362 g/mol. The van der Waals surface area contributed by atoms with Crippen LogP contribution < -0.4 is 10.6 Å². The van der Waals surface area contributed by atoms with Crippen LogP contribution in [-0.4, -0.2) is 42.5 Å². The zero-order valence-electron chi connectivity index (χ0n) is 15.9. The van der Waals surface area contributed by atoms with Gasteiger partial charge in [0.2, 0.25) is 0 Å². The Labute approximate surface area is 164 Å². The van der Waals surface area contributed by atoms with Crippen molar-refractivity contribution in [2.45, 2.75) is 39.8 Å². The van der Waals surface area contributed by atoms with Gasteiger partial charge in [-0.3, -0.25) is 9.89 Å². The van der Waals surface area contributed by atoms with E-state index < -0.39 is 0 Å². The highest BCUT2D eigenvalue weighted by Gasteiger charge is 2.20. The average molecular weight is 392 g/mol. The summed E-state index contributed by atoms with van der Waals surface area (Å²) in [5.41, 5.74) is 1.12. The highest BCUT2D eigenvalue weighted by atomic mass is 32.1. The van der Waals surface area contributed by atoms with E-state index in [1.54, 1.807) is 11.3 Å². The van der Waals surface area contributed by atoms with Crippen LogP contribution in [0.5, 0.6) is 0 Å². The van der Waals surface area contributed by atoms with E-state index in [0.717, 1.165) is 42.8 Å². The summed E-state index contributed by atoms with van der Waals surface area (Å²) in [6, 6.07) is 4.38. The Hall–Kier alpha value is -1.44. The first-order valence-electron chi connectivity index (χ1n) is 9.26.